The Kier molecular flexibility index (Phi) is 7.61. The molecule has 1 N–H and O–H groups in total. The summed E-state index contributed by atoms with van der Waals surface area (Å²) >= 11 is 0. The van der Waals surface area contributed by atoms with Crippen molar-refractivity contribution >= 4 is 11.6 Å². The molecule has 0 bridgehead atoms. The van der Waals surface area contributed by atoms with E-state index < -0.39 is 0 Å². The molecule has 156 valence electrons. The Morgan fingerprint density at radius 2 is 1.77 bits per heavy atom. The lowest BCUT2D eigenvalue weighted by Crippen LogP contribution is -2.21. The van der Waals surface area contributed by atoms with Gasteiger partial charge >= 0.3 is 0 Å². The highest BCUT2D eigenvalue weighted by molar-refractivity contribution is 6.12. The van der Waals surface area contributed by atoms with Crippen LogP contribution in [-0.4, -0.2) is 16.8 Å². The molecular formula is C26H30N2O2. The number of nitrogens with one attached hydrogen (secondary N) is 1. The van der Waals surface area contributed by atoms with Gasteiger partial charge in [0.05, 0.1) is 5.56 Å². The van der Waals surface area contributed by atoms with Gasteiger partial charge in [-0.3, -0.25) is 4.79 Å². The Labute approximate surface area is 179 Å². The molecule has 2 aromatic carbocycles. The Morgan fingerprint density at radius 1 is 1.00 bits per heavy atom. The van der Waals surface area contributed by atoms with Crippen LogP contribution in [0.3, 0.4) is 0 Å². The molecule has 3 rings (SSSR count). The van der Waals surface area contributed by atoms with Crippen LogP contribution in [0.4, 0.5) is 5.82 Å². The van der Waals surface area contributed by atoms with Gasteiger partial charge in [0, 0.05) is 23.4 Å². The van der Waals surface area contributed by atoms with Crippen molar-refractivity contribution in [3.8, 4) is 5.75 Å². The fraction of sp³-hybridized carbons (Fsp3) is 0.308. The zero-order valence-electron chi connectivity index (χ0n) is 18.0. The summed E-state index contributed by atoms with van der Waals surface area (Å²) in [6, 6.07) is 19.6. The van der Waals surface area contributed by atoms with Gasteiger partial charge in [0.1, 0.15) is 18.2 Å². The van der Waals surface area contributed by atoms with Gasteiger partial charge in [-0.15, -0.1) is 0 Å². The van der Waals surface area contributed by atoms with E-state index >= 15 is 0 Å². The average molecular weight is 403 g/mol. The van der Waals surface area contributed by atoms with Gasteiger partial charge < -0.3 is 10.1 Å². The molecule has 30 heavy (non-hydrogen) atoms. The summed E-state index contributed by atoms with van der Waals surface area (Å²) < 4.78 is 6.01. The molecule has 0 saturated heterocycles. The van der Waals surface area contributed by atoms with E-state index in [4.69, 9.17) is 4.74 Å². The minimum Gasteiger partial charge on any atom is -0.489 e. The second-order valence-electron chi connectivity index (χ2n) is 7.47. The van der Waals surface area contributed by atoms with Gasteiger partial charge in [-0.25, -0.2) is 4.98 Å². The number of nitrogens with zero attached hydrogens (tertiary/aromatic N) is 1. The van der Waals surface area contributed by atoms with Crippen LogP contribution >= 0.6 is 0 Å². The highest BCUT2D eigenvalue weighted by Crippen LogP contribution is 2.27. The summed E-state index contributed by atoms with van der Waals surface area (Å²) in [5, 5.41) is 3.47. The van der Waals surface area contributed by atoms with E-state index in [0.717, 1.165) is 36.1 Å². The van der Waals surface area contributed by atoms with Gasteiger partial charge in [0.2, 0.25) is 0 Å². The average Bonchev–Trinajstić information content (AvgIpc) is 2.78. The minimum absolute atomic E-state index is 0.0420. The fourth-order valence-corrected chi connectivity index (χ4v) is 3.52. The van der Waals surface area contributed by atoms with Crippen LogP contribution in [0.1, 0.15) is 60.2 Å². The van der Waals surface area contributed by atoms with Gasteiger partial charge in [-0.05, 0) is 43.5 Å². The quantitative estimate of drug-likeness (QED) is 0.411. The largest absolute Gasteiger partial charge is 0.489 e. The van der Waals surface area contributed by atoms with Gasteiger partial charge in [-0.1, -0.05) is 62.7 Å². The zero-order valence-corrected chi connectivity index (χ0v) is 18.0. The van der Waals surface area contributed by atoms with Crippen LogP contribution in [-0.2, 0) is 6.61 Å². The number of hydrogen-bond acceptors (Lipinski definition) is 4. The van der Waals surface area contributed by atoms with Crippen LogP contribution in [0.25, 0.3) is 0 Å². The van der Waals surface area contributed by atoms with Gasteiger partial charge in [0.15, 0.2) is 5.78 Å². The molecule has 1 atom stereocenters. The number of anilines is 1. The van der Waals surface area contributed by atoms with Crippen molar-refractivity contribution in [3.05, 3.63) is 89.1 Å². The molecule has 0 radical (unpaired) electrons. The van der Waals surface area contributed by atoms with Crippen molar-refractivity contribution in [3.63, 3.8) is 0 Å². The maximum atomic E-state index is 13.4. The number of ether oxygens (including phenoxy) is 1. The molecule has 0 aliphatic rings. The van der Waals surface area contributed by atoms with Crippen molar-refractivity contribution in [2.24, 2.45) is 0 Å². The maximum absolute atomic E-state index is 13.4. The third kappa shape index (κ3) is 5.26. The highest BCUT2D eigenvalue weighted by atomic mass is 16.5. The van der Waals surface area contributed by atoms with E-state index in [9.17, 15) is 4.79 Å². The van der Waals surface area contributed by atoms with Crippen LogP contribution in [0, 0.1) is 6.92 Å². The van der Waals surface area contributed by atoms with Crippen LogP contribution in [0.2, 0.25) is 0 Å². The summed E-state index contributed by atoms with van der Waals surface area (Å²) in [5.74, 6) is 1.33. The van der Waals surface area contributed by atoms with Crippen LogP contribution in [0.15, 0.2) is 66.9 Å². The molecule has 3 aromatic rings. The number of benzene rings is 2. The lowest BCUT2D eigenvalue weighted by Gasteiger charge is -2.19. The van der Waals surface area contributed by atoms with E-state index in [0.29, 0.717) is 29.6 Å². The second-order valence-corrected chi connectivity index (χ2v) is 7.47. The molecule has 4 heteroatoms. The number of ketones is 1. The van der Waals surface area contributed by atoms with Crippen molar-refractivity contribution in [2.75, 3.05) is 5.32 Å². The SMILES string of the molecule is CCCC(CC)Nc1ncccc1C(=O)c1cccc(OCc2ccccc2)c1C. The van der Waals surface area contributed by atoms with Crippen molar-refractivity contribution < 1.29 is 9.53 Å². The Bertz CT molecular complexity index is 970. The molecule has 0 spiro atoms. The molecular weight excluding hydrogens is 372 g/mol. The van der Waals surface area contributed by atoms with Gasteiger partial charge in [-0.2, -0.15) is 0 Å². The molecule has 1 heterocycles. The molecule has 0 fully saturated rings. The number of carbonyl (C=O) groups is 1. The van der Waals surface area contributed by atoms with Crippen molar-refractivity contribution in [2.45, 2.75) is 52.7 Å². The summed E-state index contributed by atoms with van der Waals surface area (Å²) in [6.07, 6.45) is 4.84. The van der Waals surface area contributed by atoms with E-state index in [-0.39, 0.29) is 5.78 Å². The number of pyridine rings is 1. The third-order valence-corrected chi connectivity index (χ3v) is 5.29. The number of hydrogen-bond donors (Lipinski definition) is 1. The molecule has 4 nitrogen and oxygen atoms in total. The maximum Gasteiger partial charge on any atom is 0.197 e. The predicted octanol–water partition coefficient (Wildman–Crippen LogP) is 6.19. The minimum atomic E-state index is -0.0420. The predicted molar refractivity (Wildman–Crippen MR) is 122 cm³/mol. The smallest absolute Gasteiger partial charge is 0.197 e. The summed E-state index contributed by atoms with van der Waals surface area (Å²) in [6.45, 7) is 6.71. The Hall–Kier alpha value is -3.14. The molecule has 0 aliphatic heterocycles. The first-order valence-corrected chi connectivity index (χ1v) is 10.7. The van der Waals surface area contributed by atoms with Crippen LogP contribution in [0.5, 0.6) is 5.75 Å². The lowest BCUT2D eigenvalue weighted by molar-refractivity contribution is 0.103. The Morgan fingerprint density at radius 3 is 2.50 bits per heavy atom. The van der Waals surface area contributed by atoms with Gasteiger partial charge in [0.25, 0.3) is 0 Å². The summed E-state index contributed by atoms with van der Waals surface area (Å²) in [7, 11) is 0. The fourth-order valence-electron chi connectivity index (χ4n) is 3.52. The second kappa shape index (κ2) is 10.6. The first-order chi connectivity index (χ1) is 14.6. The molecule has 0 aliphatic carbocycles. The lowest BCUT2D eigenvalue weighted by atomic mass is 9.98. The first kappa shape index (κ1) is 21.6. The monoisotopic (exact) mass is 402 g/mol. The van der Waals surface area contributed by atoms with Crippen molar-refractivity contribution in [1.29, 1.82) is 0 Å². The summed E-state index contributed by atoms with van der Waals surface area (Å²) in [4.78, 5) is 17.9. The van der Waals surface area contributed by atoms with E-state index in [1.54, 1.807) is 6.20 Å². The number of rotatable bonds is 10. The normalized spacial score (nSPS) is 11.7. The summed E-state index contributed by atoms with van der Waals surface area (Å²) in [5.41, 5.74) is 3.17. The van der Waals surface area contributed by atoms with E-state index in [1.165, 1.54) is 0 Å². The van der Waals surface area contributed by atoms with E-state index in [1.807, 2.05) is 67.6 Å². The van der Waals surface area contributed by atoms with Crippen molar-refractivity contribution in [1.82, 2.24) is 4.98 Å². The number of aromatic nitrogens is 1. The Balaban J connectivity index is 1.83. The standard InChI is InChI=1S/C26H30N2O2/c1-4-11-21(5-2)28-26-23(15-10-17-27-26)25(29)22-14-9-16-24(19(22)3)30-18-20-12-7-6-8-13-20/h6-10,12-17,21H,4-5,11,18H2,1-3H3,(H,27,28). The highest BCUT2D eigenvalue weighted by Gasteiger charge is 2.19. The topological polar surface area (TPSA) is 51.2 Å². The van der Waals surface area contributed by atoms with Crippen LogP contribution < -0.4 is 10.1 Å². The molecule has 1 aromatic heterocycles. The first-order valence-electron chi connectivity index (χ1n) is 10.7. The molecule has 0 amide bonds. The zero-order chi connectivity index (χ0) is 21.3. The third-order valence-electron chi connectivity index (χ3n) is 5.29. The molecule has 1 unspecified atom stereocenters. The molecule has 0 saturated carbocycles. The number of carbonyl (C=O) groups excluding carboxylic acids is 1. The van der Waals surface area contributed by atoms with E-state index in [2.05, 4.69) is 24.1 Å².